The highest BCUT2D eigenvalue weighted by atomic mass is 35.5. The van der Waals surface area contributed by atoms with Crippen molar-refractivity contribution in [3.05, 3.63) is 69.8 Å². The predicted octanol–water partition coefficient (Wildman–Crippen LogP) is 4.73. The quantitative estimate of drug-likeness (QED) is 0.202. The molecule has 0 radical (unpaired) electrons. The number of fused-ring (bicyclic) bond motifs is 2. The molecule has 1 aliphatic carbocycles. The second kappa shape index (κ2) is 14.8. The highest BCUT2D eigenvalue weighted by molar-refractivity contribution is 6.35. The van der Waals surface area contributed by atoms with Gasteiger partial charge in [-0.05, 0) is 76.1 Å². The van der Waals surface area contributed by atoms with Crippen molar-refractivity contribution >= 4 is 57.4 Å². The number of imidazole rings is 1. The molecular weight excluding hydrogens is 736 g/mol. The lowest BCUT2D eigenvalue weighted by Gasteiger charge is -2.40. The molecule has 15 nitrogen and oxygen atoms in total. The molecule has 1 aromatic carbocycles. The number of hydrogen-bond acceptors (Lipinski definition) is 9. The Hall–Kier alpha value is -5.16. The minimum atomic E-state index is -2.86. The summed E-state index contributed by atoms with van der Waals surface area (Å²) in [4.78, 5) is 60.0. The Morgan fingerprint density at radius 1 is 1.07 bits per heavy atom. The second-order valence-corrected chi connectivity index (χ2v) is 15.3. The Morgan fingerprint density at radius 2 is 1.84 bits per heavy atom. The minimum Gasteiger partial charge on any atom is -0.370 e. The van der Waals surface area contributed by atoms with Crippen LogP contribution < -0.4 is 21.2 Å². The van der Waals surface area contributed by atoms with E-state index in [1.165, 1.54) is 27.7 Å². The fourth-order valence-corrected chi connectivity index (χ4v) is 8.90. The van der Waals surface area contributed by atoms with Gasteiger partial charge in [-0.25, -0.2) is 23.1 Å². The molecule has 3 fully saturated rings. The van der Waals surface area contributed by atoms with E-state index in [9.17, 15) is 28.0 Å². The Labute approximate surface area is 319 Å². The van der Waals surface area contributed by atoms with E-state index < -0.39 is 30.0 Å². The highest BCUT2D eigenvalue weighted by Crippen LogP contribution is 2.38. The third-order valence-corrected chi connectivity index (χ3v) is 11.9. The first kappa shape index (κ1) is 36.8. The van der Waals surface area contributed by atoms with Crippen molar-refractivity contribution < 1.29 is 23.2 Å². The summed E-state index contributed by atoms with van der Waals surface area (Å²) in [6, 6.07) is 4.87. The van der Waals surface area contributed by atoms with Crippen LogP contribution in [0.15, 0.2) is 47.8 Å². The molecule has 1 saturated carbocycles. The summed E-state index contributed by atoms with van der Waals surface area (Å²) in [6.45, 7) is 2.46. The van der Waals surface area contributed by atoms with Gasteiger partial charge < -0.3 is 15.1 Å². The van der Waals surface area contributed by atoms with Crippen molar-refractivity contribution in [2.24, 2.45) is 13.0 Å². The van der Waals surface area contributed by atoms with Crippen LogP contribution in [0.3, 0.4) is 0 Å². The Morgan fingerprint density at radius 3 is 2.56 bits per heavy atom. The summed E-state index contributed by atoms with van der Waals surface area (Å²) in [7, 11) is 3.85. The second-order valence-electron chi connectivity index (χ2n) is 14.9. The maximum Gasteiger partial charge on any atom is 0.329 e. The van der Waals surface area contributed by atoms with Gasteiger partial charge in [0.1, 0.15) is 11.6 Å². The molecular formula is C37H42ClF2N11O4. The minimum absolute atomic E-state index is 0.0167. The molecule has 2 aliphatic heterocycles. The van der Waals surface area contributed by atoms with Gasteiger partial charge in [0.25, 0.3) is 12.3 Å². The van der Waals surface area contributed by atoms with E-state index in [-0.39, 0.29) is 41.7 Å². The van der Waals surface area contributed by atoms with Crippen LogP contribution in [0, 0.1) is 5.92 Å². The van der Waals surface area contributed by atoms with E-state index in [1.807, 2.05) is 6.07 Å². The van der Waals surface area contributed by atoms with Gasteiger partial charge in [0.2, 0.25) is 11.8 Å². The molecule has 6 heterocycles. The van der Waals surface area contributed by atoms with Crippen LogP contribution in [-0.4, -0.2) is 88.9 Å². The molecule has 2 saturated heterocycles. The lowest BCUT2D eigenvalue weighted by Crippen LogP contribution is -2.45. The smallest absolute Gasteiger partial charge is 0.329 e. The number of halogens is 3. The molecule has 18 heteroatoms. The maximum absolute atomic E-state index is 14.1. The molecule has 2 N–H and O–H groups in total. The van der Waals surface area contributed by atoms with E-state index in [2.05, 4.69) is 42.7 Å². The van der Waals surface area contributed by atoms with Crippen molar-refractivity contribution in [2.45, 2.75) is 75.9 Å². The van der Waals surface area contributed by atoms with Gasteiger partial charge in [-0.15, -0.1) is 0 Å². The maximum atomic E-state index is 14.1. The number of alkyl halides is 2. The number of piperidine rings is 2. The summed E-state index contributed by atoms with van der Waals surface area (Å²) >= 11 is 6.68. The van der Waals surface area contributed by atoms with Gasteiger partial charge >= 0.3 is 5.69 Å². The van der Waals surface area contributed by atoms with Crippen molar-refractivity contribution in [3.8, 4) is 0 Å². The monoisotopic (exact) mass is 777 g/mol. The van der Waals surface area contributed by atoms with Gasteiger partial charge in [-0.1, -0.05) is 11.6 Å². The number of benzene rings is 1. The summed E-state index contributed by atoms with van der Waals surface area (Å²) in [5.74, 6) is -0.979. The number of hydrogen-bond donors (Lipinski definition) is 2. The SMILES string of the molecule is CN(CC1CCC(n2cc(NC(=O)c3cnn4cccnc34)c(C(F)F)n2)CC1)C1CCN(c2ccc(Cl)c3c2n(C)c(=O)n3C2CCC(=O)NC2=O)CC1. The van der Waals surface area contributed by atoms with Crippen molar-refractivity contribution in [1.82, 2.24) is 43.7 Å². The summed E-state index contributed by atoms with van der Waals surface area (Å²) < 4.78 is 34.1. The zero-order chi connectivity index (χ0) is 38.5. The average molecular weight is 778 g/mol. The summed E-state index contributed by atoms with van der Waals surface area (Å²) in [5.41, 5.74) is 1.73. The zero-order valence-corrected chi connectivity index (χ0v) is 31.3. The van der Waals surface area contributed by atoms with Crippen LogP contribution in [-0.2, 0) is 16.6 Å². The first-order chi connectivity index (χ1) is 26.5. The van der Waals surface area contributed by atoms with Gasteiger partial charge in [-0.3, -0.25) is 33.5 Å². The van der Waals surface area contributed by atoms with Crippen LogP contribution in [0.25, 0.3) is 16.7 Å². The molecule has 1 unspecified atom stereocenters. The molecule has 1 atom stereocenters. The van der Waals surface area contributed by atoms with E-state index in [0.29, 0.717) is 33.7 Å². The van der Waals surface area contributed by atoms with Gasteiger partial charge in [0, 0.05) is 57.7 Å². The fourth-order valence-electron chi connectivity index (χ4n) is 8.65. The van der Waals surface area contributed by atoms with Crippen molar-refractivity contribution in [1.29, 1.82) is 0 Å². The van der Waals surface area contributed by atoms with Crippen molar-refractivity contribution in [2.75, 3.05) is 36.9 Å². The number of imide groups is 1. The standard InChI is InChI=1S/C37H42ClF2N11O4/c1-46(22-12-16-48(17-13-22)27-9-8-25(38)31-32(27)47(2)37(55)51(31)28-10-11-29(52)44-36(28)54)19-21-4-6-23(7-5-21)50-20-26(30(45-50)33(39)40)43-35(53)24-18-42-49-15-3-14-41-34(24)49/h3,8-9,14-15,18,20-23,28,33H,4-7,10-13,16-17,19H2,1-2H3,(H,43,53)(H,44,52,54). The van der Waals surface area contributed by atoms with Crippen molar-refractivity contribution in [3.63, 3.8) is 0 Å². The van der Waals surface area contributed by atoms with E-state index in [1.54, 1.807) is 34.6 Å². The molecule has 4 aromatic heterocycles. The third-order valence-electron chi connectivity index (χ3n) is 11.6. The normalized spacial score (nSPS) is 21.3. The molecule has 5 aromatic rings. The Kier molecular flexibility index (Phi) is 9.92. The van der Waals surface area contributed by atoms with Crippen LogP contribution in [0.1, 0.15) is 85.9 Å². The number of aromatic nitrogens is 7. The lowest BCUT2D eigenvalue weighted by atomic mass is 9.85. The molecule has 3 amide bonds. The number of amides is 3. The molecule has 3 aliphatic rings. The number of rotatable bonds is 9. The number of carbonyl (C=O) groups excluding carboxylic acids is 3. The van der Waals surface area contributed by atoms with Crippen LogP contribution in [0.2, 0.25) is 5.02 Å². The molecule has 0 bridgehead atoms. The lowest BCUT2D eigenvalue weighted by molar-refractivity contribution is -0.135. The molecule has 290 valence electrons. The number of nitrogens with zero attached hydrogens (tertiary/aromatic N) is 9. The Bertz CT molecular complexity index is 2340. The zero-order valence-electron chi connectivity index (χ0n) is 30.5. The first-order valence-corrected chi connectivity index (χ1v) is 19.0. The highest BCUT2D eigenvalue weighted by Gasteiger charge is 2.34. The van der Waals surface area contributed by atoms with Crippen LogP contribution in [0.4, 0.5) is 20.2 Å². The first-order valence-electron chi connectivity index (χ1n) is 18.6. The van der Waals surface area contributed by atoms with Crippen LogP contribution >= 0.6 is 11.6 Å². The van der Waals surface area contributed by atoms with Gasteiger partial charge in [-0.2, -0.15) is 10.2 Å². The van der Waals surface area contributed by atoms with E-state index in [4.69, 9.17) is 11.6 Å². The Balaban J connectivity index is 0.878. The van der Waals surface area contributed by atoms with E-state index >= 15 is 0 Å². The molecule has 8 rings (SSSR count). The topological polar surface area (TPSA) is 157 Å². The summed E-state index contributed by atoms with van der Waals surface area (Å²) in [6.07, 6.45) is 8.85. The molecule has 0 spiro atoms. The van der Waals surface area contributed by atoms with Gasteiger partial charge in [0.15, 0.2) is 11.3 Å². The largest absolute Gasteiger partial charge is 0.370 e. The number of carbonyl (C=O) groups is 3. The summed E-state index contributed by atoms with van der Waals surface area (Å²) in [5, 5.41) is 13.7. The van der Waals surface area contributed by atoms with Gasteiger partial charge in [0.05, 0.1) is 39.7 Å². The van der Waals surface area contributed by atoms with E-state index in [0.717, 1.165) is 63.8 Å². The number of anilines is 2. The third kappa shape index (κ3) is 6.88. The fraction of sp³-hybridized carbons (Fsp3) is 0.486. The molecule has 55 heavy (non-hydrogen) atoms. The number of aryl methyl sites for hydroxylation is 1. The number of nitrogens with one attached hydrogen (secondary N) is 2. The average Bonchev–Trinajstić information content (AvgIpc) is 3.87. The predicted molar refractivity (Wildman–Crippen MR) is 201 cm³/mol. The van der Waals surface area contributed by atoms with Crippen LogP contribution in [0.5, 0.6) is 0 Å².